The molecule has 0 bridgehead atoms. The summed E-state index contributed by atoms with van der Waals surface area (Å²) in [5.74, 6) is 1.42. The molecule has 2 rings (SSSR count). The van der Waals surface area contributed by atoms with Gasteiger partial charge in [0, 0.05) is 11.3 Å². The molecule has 0 radical (unpaired) electrons. The maximum absolute atomic E-state index is 12.5. The maximum Gasteiger partial charge on any atom is 0.387 e. The van der Waals surface area contributed by atoms with Crippen LogP contribution in [0.15, 0.2) is 47.5 Å². The molecule has 0 heterocycles. The predicted octanol–water partition coefficient (Wildman–Crippen LogP) is 4.63. The van der Waals surface area contributed by atoms with Gasteiger partial charge in [0.15, 0.2) is 5.96 Å². The average molecular weight is 507 g/mol. The zero-order valence-electron chi connectivity index (χ0n) is 15.8. The number of nitrogens with zero attached hydrogens (tertiary/aromatic N) is 1. The summed E-state index contributed by atoms with van der Waals surface area (Å²) in [5.41, 5.74) is 7.04. The van der Waals surface area contributed by atoms with Crippen LogP contribution in [0.5, 0.6) is 17.2 Å². The molecule has 0 saturated carbocycles. The van der Waals surface area contributed by atoms with Crippen molar-refractivity contribution in [2.45, 2.75) is 33.1 Å². The molecule has 28 heavy (non-hydrogen) atoms. The second-order valence-electron chi connectivity index (χ2n) is 5.87. The van der Waals surface area contributed by atoms with E-state index in [1.807, 2.05) is 26.0 Å². The molecule has 9 heteroatoms. The first kappa shape index (κ1) is 23.7. The van der Waals surface area contributed by atoms with Crippen LogP contribution in [0.3, 0.4) is 0 Å². The Labute approximate surface area is 180 Å². The lowest BCUT2D eigenvalue weighted by Gasteiger charge is -2.12. The van der Waals surface area contributed by atoms with Crippen LogP contribution in [0.1, 0.15) is 19.4 Å². The number of nitrogens with one attached hydrogen (secondary N) is 1. The standard InChI is InChI=1S/C19H23F2N3O3.HI/c1-12(2)26-15-6-4-14(5-7-15)24-19(22)23-11-13-10-16(25-3)8-9-17(13)27-18(20)21;/h4-10,12,18H,11H2,1-3H3,(H3,22,23,24);1H. The number of anilines is 1. The van der Waals surface area contributed by atoms with Gasteiger partial charge in [-0.1, -0.05) is 0 Å². The van der Waals surface area contributed by atoms with Crippen molar-refractivity contribution in [2.24, 2.45) is 10.7 Å². The van der Waals surface area contributed by atoms with Gasteiger partial charge in [-0.15, -0.1) is 24.0 Å². The predicted molar refractivity (Wildman–Crippen MR) is 116 cm³/mol. The third-order valence-corrected chi connectivity index (χ3v) is 3.40. The molecule has 0 spiro atoms. The topological polar surface area (TPSA) is 78.1 Å². The van der Waals surface area contributed by atoms with E-state index in [2.05, 4.69) is 15.0 Å². The van der Waals surface area contributed by atoms with Crippen molar-refractivity contribution >= 4 is 35.6 Å². The van der Waals surface area contributed by atoms with E-state index in [4.69, 9.17) is 15.2 Å². The first-order valence-electron chi connectivity index (χ1n) is 8.32. The van der Waals surface area contributed by atoms with Crippen LogP contribution in [0.25, 0.3) is 0 Å². The number of nitrogens with two attached hydrogens (primary N) is 1. The lowest BCUT2D eigenvalue weighted by molar-refractivity contribution is -0.0504. The number of hydrogen-bond acceptors (Lipinski definition) is 4. The highest BCUT2D eigenvalue weighted by Gasteiger charge is 2.11. The van der Waals surface area contributed by atoms with E-state index in [-0.39, 0.29) is 48.3 Å². The van der Waals surface area contributed by atoms with Crippen molar-refractivity contribution in [3.8, 4) is 17.2 Å². The fraction of sp³-hybridized carbons (Fsp3) is 0.316. The summed E-state index contributed by atoms with van der Waals surface area (Å²) in [6.07, 6.45) is 0.0861. The van der Waals surface area contributed by atoms with Crippen molar-refractivity contribution in [2.75, 3.05) is 12.4 Å². The molecular weight excluding hydrogens is 483 g/mol. The number of hydrogen-bond donors (Lipinski definition) is 2. The summed E-state index contributed by atoms with van der Waals surface area (Å²) in [6.45, 7) is 1.01. The first-order chi connectivity index (χ1) is 12.9. The Hall–Kier alpha value is -2.30. The van der Waals surface area contributed by atoms with Crippen LogP contribution in [0.2, 0.25) is 0 Å². The Morgan fingerprint density at radius 2 is 1.71 bits per heavy atom. The first-order valence-corrected chi connectivity index (χ1v) is 8.32. The third-order valence-electron chi connectivity index (χ3n) is 3.40. The minimum atomic E-state index is -2.93. The van der Waals surface area contributed by atoms with Crippen molar-refractivity contribution in [1.29, 1.82) is 0 Å². The zero-order valence-corrected chi connectivity index (χ0v) is 18.1. The Morgan fingerprint density at radius 3 is 2.29 bits per heavy atom. The lowest BCUT2D eigenvalue weighted by Crippen LogP contribution is -2.22. The van der Waals surface area contributed by atoms with E-state index in [1.165, 1.54) is 19.2 Å². The number of methoxy groups -OCH3 is 1. The number of halogens is 3. The van der Waals surface area contributed by atoms with Crippen LogP contribution >= 0.6 is 24.0 Å². The summed E-state index contributed by atoms with van der Waals surface area (Å²) in [7, 11) is 1.48. The number of alkyl halides is 2. The number of aliphatic imine (C=N–C) groups is 1. The van der Waals surface area contributed by atoms with E-state index in [9.17, 15) is 8.78 Å². The van der Waals surface area contributed by atoms with Crippen molar-refractivity contribution in [1.82, 2.24) is 0 Å². The molecule has 0 saturated heterocycles. The molecular formula is C19H24F2IN3O3. The molecule has 0 aromatic heterocycles. The van der Waals surface area contributed by atoms with Gasteiger partial charge in [-0.25, -0.2) is 4.99 Å². The highest BCUT2D eigenvalue weighted by atomic mass is 127. The molecule has 2 aromatic carbocycles. The minimum Gasteiger partial charge on any atom is -0.497 e. The summed E-state index contributed by atoms with van der Waals surface area (Å²) < 4.78 is 40.3. The van der Waals surface area contributed by atoms with Gasteiger partial charge in [-0.3, -0.25) is 0 Å². The smallest absolute Gasteiger partial charge is 0.387 e. The number of ether oxygens (including phenoxy) is 3. The molecule has 2 aromatic rings. The van der Waals surface area contributed by atoms with Gasteiger partial charge in [0.2, 0.25) is 0 Å². The Bertz CT molecular complexity index is 772. The number of benzene rings is 2. The molecule has 0 aliphatic heterocycles. The van der Waals surface area contributed by atoms with Crippen molar-refractivity contribution in [3.05, 3.63) is 48.0 Å². The molecule has 0 aliphatic carbocycles. The normalized spacial score (nSPS) is 11.2. The van der Waals surface area contributed by atoms with Crippen LogP contribution in [-0.4, -0.2) is 25.8 Å². The largest absolute Gasteiger partial charge is 0.497 e. The van der Waals surface area contributed by atoms with Crippen LogP contribution in [0, 0.1) is 0 Å². The van der Waals surface area contributed by atoms with Gasteiger partial charge in [0.1, 0.15) is 17.2 Å². The molecule has 0 atom stereocenters. The summed E-state index contributed by atoms with van der Waals surface area (Å²) in [5, 5.41) is 2.93. The monoisotopic (exact) mass is 507 g/mol. The minimum absolute atomic E-state index is 0. The second kappa shape index (κ2) is 11.5. The molecule has 0 unspecified atom stereocenters. The third kappa shape index (κ3) is 7.75. The van der Waals surface area contributed by atoms with Gasteiger partial charge in [0.25, 0.3) is 0 Å². The summed E-state index contributed by atoms with van der Waals surface area (Å²) in [4.78, 5) is 4.18. The summed E-state index contributed by atoms with van der Waals surface area (Å²) >= 11 is 0. The molecule has 0 amide bonds. The number of rotatable bonds is 8. The Kier molecular flexibility index (Phi) is 9.77. The Morgan fingerprint density at radius 1 is 1.07 bits per heavy atom. The van der Waals surface area contributed by atoms with E-state index in [0.717, 1.165) is 11.4 Å². The number of guanidine groups is 1. The van der Waals surface area contributed by atoms with E-state index in [0.29, 0.717) is 11.3 Å². The fourth-order valence-corrected chi connectivity index (χ4v) is 2.26. The Balaban J connectivity index is 0.00000392. The SMILES string of the molecule is COc1ccc(OC(F)F)c(CN=C(N)Nc2ccc(OC(C)C)cc2)c1.I. The van der Waals surface area contributed by atoms with Crippen LogP contribution < -0.4 is 25.3 Å². The quantitative estimate of drug-likeness (QED) is 0.310. The second-order valence-corrected chi connectivity index (χ2v) is 5.87. The fourth-order valence-electron chi connectivity index (χ4n) is 2.26. The molecule has 6 nitrogen and oxygen atoms in total. The lowest BCUT2D eigenvalue weighted by atomic mass is 10.2. The molecule has 154 valence electrons. The van der Waals surface area contributed by atoms with Crippen molar-refractivity contribution in [3.63, 3.8) is 0 Å². The summed E-state index contributed by atoms with van der Waals surface area (Å²) in [6, 6.07) is 11.7. The average Bonchev–Trinajstić information content (AvgIpc) is 2.61. The van der Waals surface area contributed by atoms with Crippen molar-refractivity contribution < 1.29 is 23.0 Å². The maximum atomic E-state index is 12.5. The van der Waals surface area contributed by atoms with Crippen LogP contribution in [-0.2, 0) is 6.54 Å². The van der Waals surface area contributed by atoms with Crippen LogP contribution in [0.4, 0.5) is 14.5 Å². The molecule has 3 N–H and O–H groups in total. The van der Waals surface area contributed by atoms with E-state index in [1.54, 1.807) is 18.2 Å². The van der Waals surface area contributed by atoms with Gasteiger partial charge in [-0.05, 0) is 56.3 Å². The van der Waals surface area contributed by atoms with Gasteiger partial charge in [0.05, 0.1) is 19.8 Å². The molecule has 0 aliphatic rings. The zero-order chi connectivity index (χ0) is 19.8. The van der Waals surface area contributed by atoms with Gasteiger partial charge in [-0.2, -0.15) is 8.78 Å². The molecule has 0 fully saturated rings. The highest BCUT2D eigenvalue weighted by molar-refractivity contribution is 14.0. The van der Waals surface area contributed by atoms with Gasteiger partial charge >= 0.3 is 6.61 Å². The van der Waals surface area contributed by atoms with E-state index >= 15 is 0 Å². The van der Waals surface area contributed by atoms with Gasteiger partial charge < -0.3 is 25.3 Å². The van der Waals surface area contributed by atoms with E-state index < -0.39 is 6.61 Å². The highest BCUT2D eigenvalue weighted by Crippen LogP contribution is 2.26.